The van der Waals surface area contributed by atoms with Crippen molar-refractivity contribution in [2.45, 2.75) is 5.92 Å². The first-order valence-corrected chi connectivity index (χ1v) is 7.97. The monoisotopic (exact) mass is 361 g/mol. The lowest BCUT2D eigenvalue weighted by molar-refractivity contribution is -0.384. The van der Waals surface area contributed by atoms with Crippen LogP contribution in [-0.2, 0) is 0 Å². The fourth-order valence-corrected chi connectivity index (χ4v) is 3.33. The summed E-state index contributed by atoms with van der Waals surface area (Å²) < 4.78 is 10.9. The predicted octanol–water partition coefficient (Wildman–Crippen LogP) is 3.34. The molecule has 3 aromatic rings. The summed E-state index contributed by atoms with van der Waals surface area (Å²) in [7, 11) is 0. The molecule has 1 aromatic heterocycles. The Labute approximate surface area is 151 Å². The molecular weight excluding hydrogens is 350 g/mol. The van der Waals surface area contributed by atoms with E-state index in [-0.39, 0.29) is 22.9 Å². The maximum absolute atomic E-state index is 12.7. The predicted molar refractivity (Wildman–Crippen MR) is 94.9 cm³/mol. The summed E-state index contributed by atoms with van der Waals surface area (Å²) in [5.41, 5.74) is -0.131. The summed E-state index contributed by atoms with van der Waals surface area (Å²) >= 11 is 0. The van der Waals surface area contributed by atoms with Gasteiger partial charge in [0.2, 0.25) is 5.90 Å². The topological polar surface area (TPSA) is 130 Å². The van der Waals surface area contributed by atoms with Gasteiger partial charge in [-0.3, -0.25) is 15.5 Å². The van der Waals surface area contributed by atoms with Gasteiger partial charge in [0.25, 0.3) is 5.69 Å². The molecule has 8 heteroatoms. The van der Waals surface area contributed by atoms with Gasteiger partial charge < -0.3 is 9.15 Å². The molecule has 1 aliphatic rings. The van der Waals surface area contributed by atoms with Gasteiger partial charge >= 0.3 is 5.63 Å². The third-order valence-electron chi connectivity index (χ3n) is 4.52. The Balaban J connectivity index is 2.05. The lowest BCUT2D eigenvalue weighted by Gasteiger charge is -2.29. The van der Waals surface area contributed by atoms with Crippen molar-refractivity contribution in [3.05, 3.63) is 80.2 Å². The third kappa shape index (κ3) is 2.53. The minimum Gasteiger partial charge on any atom is -0.441 e. The molecule has 0 radical (unpaired) electrons. The number of para-hydroxylation sites is 1. The average molecular weight is 361 g/mol. The number of benzene rings is 2. The van der Waals surface area contributed by atoms with Crippen LogP contribution in [-0.4, -0.2) is 10.8 Å². The highest BCUT2D eigenvalue weighted by molar-refractivity contribution is 5.93. The van der Waals surface area contributed by atoms with Crippen LogP contribution in [0.25, 0.3) is 11.0 Å². The van der Waals surface area contributed by atoms with Gasteiger partial charge in [0, 0.05) is 18.1 Å². The first kappa shape index (κ1) is 16.5. The van der Waals surface area contributed by atoms with Crippen LogP contribution >= 0.6 is 0 Å². The number of hydrogen-bond acceptors (Lipinski definition) is 7. The molecule has 2 heterocycles. The minimum atomic E-state index is -1.11. The Hall–Kier alpha value is -3.99. The molecule has 0 saturated carbocycles. The van der Waals surface area contributed by atoms with Crippen molar-refractivity contribution in [2.24, 2.45) is 5.92 Å². The molecule has 8 nitrogen and oxygen atoms in total. The largest absolute Gasteiger partial charge is 0.441 e. The quantitative estimate of drug-likeness (QED) is 0.423. The van der Waals surface area contributed by atoms with E-state index in [2.05, 4.69) is 0 Å². The van der Waals surface area contributed by atoms with Crippen molar-refractivity contribution < 1.29 is 14.1 Å². The van der Waals surface area contributed by atoms with E-state index < -0.39 is 22.4 Å². The Morgan fingerprint density at radius 3 is 2.70 bits per heavy atom. The van der Waals surface area contributed by atoms with Crippen molar-refractivity contribution >= 4 is 22.6 Å². The van der Waals surface area contributed by atoms with Gasteiger partial charge in [0.1, 0.15) is 11.5 Å². The van der Waals surface area contributed by atoms with E-state index in [1.165, 1.54) is 18.2 Å². The number of ether oxygens (including phenoxy) is 1. The van der Waals surface area contributed by atoms with Crippen molar-refractivity contribution in [3.63, 3.8) is 0 Å². The second kappa shape index (κ2) is 6.07. The first-order chi connectivity index (χ1) is 13.0. The van der Waals surface area contributed by atoms with E-state index in [1.807, 2.05) is 6.07 Å². The van der Waals surface area contributed by atoms with E-state index in [1.54, 1.807) is 30.3 Å². The highest BCUT2D eigenvalue weighted by atomic mass is 16.6. The minimum absolute atomic E-state index is 0.0803. The van der Waals surface area contributed by atoms with Crippen molar-refractivity contribution in [1.29, 1.82) is 10.7 Å². The Kier molecular flexibility index (Phi) is 3.70. The van der Waals surface area contributed by atoms with Crippen LogP contribution in [0.15, 0.2) is 57.7 Å². The van der Waals surface area contributed by atoms with Crippen LogP contribution in [0, 0.1) is 32.8 Å². The van der Waals surface area contributed by atoms with Crippen molar-refractivity contribution in [3.8, 4) is 11.8 Å². The number of nitriles is 1. The molecule has 27 heavy (non-hydrogen) atoms. The first-order valence-electron chi connectivity index (χ1n) is 7.97. The number of nitrogens with zero attached hydrogens (tertiary/aromatic N) is 2. The van der Waals surface area contributed by atoms with Gasteiger partial charge in [0.15, 0.2) is 5.75 Å². The lowest BCUT2D eigenvalue weighted by atomic mass is 9.79. The van der Waals surface area contributed by atoms with Gasteiger partial charge in [-0.1, -0.05) is 24.3 Å². The van der Waals surface area contributed by atoms with Crippen molar-refractivity contribution in [1.82, 2.24) is 0 Å². The normalized spacial score (nSPS) is 18.4. The Morgan fingerprint density at radius 2 is 1.96 bits per heavy atom. The van der Waals surface area contributed by atoms with Crippen LogP contribution in [0.2, 0.25) is 0 Å². The van der Waals surface area contributed by atoms with Crippen LogP contribution < -0.4 is 10.4 Å². The fourth-order valence-electron chi connectivity index (χ4n) is 3.33. The molecule has 0 bridgehead atoms. The highest BCUT2D eigenvalue weighted by Crippen LogP contribution is 2.43. The molecule has 0 spiro atoms. The maximum Gasteiger partial charge on any atom is 0.343 e. The molecule has 2 aromatic carbocycles. The molecular formula is C19H11N3O5. The molecule has 1 aliphatic heterocycles. The van der Waals surface area contributed by atoms with Gasteiger partial charge in [-0.15, -0.1) is 0 Å². The average Bonchev–Trinajstić information content (AvgIpc) is 2.67. The molecule has 2 atom stereocenters. The van der Waals surface area contributed by atoms with E-state index in [0.717, 1.165) is 0 Å². The third-order valence-corrected chi connectivity index (χ3v) is 4.52. The highest BCUT2D eigenvalue weighted by Gasteiger charge is 2.41. The molecule has 0 aliphatic carbocycles. The van der Waals surface area contributed by atoms with Crippen LogP contribution in [0.5, 0.6) is 5.75 Å². The van der Waals surface area contributed by atoms with Crippen LogP contribution in [0.3, 0.4) is 0 Å². The van der Waals surface area contributed by atoms with Crippen LogP contribution in [0.4, 0.5) is 5.69 Å². The zero-order chi connectivity index (χ0) is 19.1. The molecule has 2 unspecified atom stereocenters. The van der Waals surface area contributed by atoms with Crippen LogP contribution in [0.1, 0.15) is 17.0 Å². The molecule has 0 amide bonds. The van der Waals surface area contributed by atoms with Gasteiger partial charge in [0.05, 0.1) is 21.9 Å². The molecule has 0 saturated heterocycles. The zero-order valence-corrected chi connectivity index (χ0v) is 13.7. The van der Waals surface area contributed by atoms with Crippen molar-refractivity contribution in [2.75, 3.05) is 0 Å². The smallest absolute Gasteiger partial charge is 0.343 e. The second-order valence-electron chi connectivity index (χ2n) is 6.03. The number of nitro benzene ring substituents is 1. The van der Waals surface area contributed by atoms with Gasteiger partial charge in [-0.2, -0.15) is 5.26 Å². The summed E-state index contributed by atoms with van der Waals surface area (Å²) in [6.45, 7) is 0. The Bertz CT molecular complexity index is 1210. The SMILES string of the molecule is N#CC1C(=N)Oc2c(c(=O)oc3ccccc23)C1c1cccc([N+](=O)[O-])c1. The van der Waals surface area contributed by atoms with E-state index in [4.69, 9.17) is 14.6 Å². The number of hydrogen-bond donors (Lipinski definition) is 1. The zero-order valence-electron chi connectivity index (χ0n) is 13.7. The van der Waals surface area contributed by atoms with Gasteiger partial charge in [-0.05, 0) is 17.7 Å². The van der Waals surface area contributed by atoms with E-state index in [0.29, 0.717) is 16.5 Å². The summed E-state index contributed by atoms with van der Waals surface area (Å²) in [5, 5.41) is 29.3. The van der Waals surface area contributed by atoms with E-state index in [9.17, 15) is 20.2 Å². The molecule has 132 valence electrons. The number of nitro groups is 1. The second-order valence-corrected chi connectivity index (χ2v) is 6.03. The number of rotatable bonds is 2. The molecule has 0 fully saturated rings. The molecule has 4 rings (SSSR count). The number of fused-ring (bicyclic) bond motifs is 3. The summed E-state index contributed by atoms with van der Waals surface area (Å²) in [5.74, 6) is -2.19. The standard InChI is InChI=1S/C19H11N3O5/c20-9-13-15(10-4-3-5-11(8-10)22(24)25)16-17(27-18(13)21)12-6-1-2-7-14(12)26-19(16)23/h1-8,13,15,21H. The summed E-state index contributed by atoms with van der Waals surface area (Å²) in [6, 6.07) is 14.4. The maximum atomic E-state index is 12.7. The molecule has 1 N–H and O–H groups in total. The number of non-ortho nitro benzene ring substituents is 1. The Morgan fingerprint density at radius 1 is 1.19 bits per heavy atom. The van der Waals surface area contributed by atoms with E-state index >= 15 is 0 Å². The lowest BCUT2D eigenvalue weighted by Crippen LogP contribution is -2.34. The van der Waals surface area contributed by atoms with Gasteiger partial charge in [-0.25, -0.2) is 4.79 Å². The summed E-state index contributed by atoms with van der Waals surface area (Å²) in [4.78, 5) is 23.3. The summed E-state index contributed by atoms with van der Waals surface area (Å²) in [6.07, 6.45) is 0. The fraction of sp³-hybridized carbons (Fsp3) is 0.105. The number of nitrogens with one attached hydrogen (secondary N) is 1.